The van der Waals surface area contributed by atoms with Crippen molar-refractivity contribution in [2.24, 2.45) is 5.10 Å². The molecular formula is C28H36N8O3. The highest BCUT2D eigenvalue weighted by molar-refractivity contribution is 5.99. The fourth-order valence-corrected chi connectivity index (χ4v) is 5.13. The number of rotatable bonds is 7. The highest BCUT2D eigenvalue weighted by atomic mass is 16.5. The Morgan fingerprint density at radius 1 is 1.26 bits per heavy atom. The SMILES string of the molecule is C=CCn1c(=O)c2cnc(Nc3cc(OC)cc(C4CCN(C)CC4)c3)nc2n1C1=NN(C(C)C)C(O)C=C1. The lowest BCUT2D eigenvalue weighted by molar-refractivity contribution is 0.0188. The summed E-state index contributed by atoms with van der Waals surface area (Å²) in [6, 6.07) is 6.08. The second kappa shape index (κ2) is 11.0. The first-order valence-corrected chi connectivity index (χ1v) is 13.3. The van der Waals surface area contributed by atoms with Crippen LogP contribution in [0.2, 0.25) is 0 Å². The van der Waals surface area contributed by atoms with E-state index in [1.807, 2.05) is 19.9 Å². The molecule has 11 heteroatoms. The van der Waals surface area contributed by atoms with E-state index in [1.165, 1.54) is 16.4 Å². The lowest BCUT2D eigenvalue weighted by Gasteiger charge is -2.30. The molecule has 1 fully saturated rings. The van der Waals surface area contributed by atoms with Crippen LogP contribution in [0.3, 0.4) is 0 Å². The fraction of sp³-hybridized carbons (Fsp3) is 0.429. The minimum absolute atomic E-state index is 0.0555. The third kappa shape index (κ3) is 5.32. The van der Waals surface area contributed by atoms with Gasteiger partial charge in [-0.25, -0.2) is 14.3 Å². The normalized spacial score (nSPS) is 18.6. The largest absolute Gasteiger partial charge is 0.497 e. The number of likely N-dealkylation sites (tertiary alicyclic amines) is 1. The van der Waals surface area contributed by atoms with E-state index in [9.17, 15) is 9.90 Å². The molecule has 1 aromatic carbocycles. The van der Waals surface area contributed by atoms with Crippen molar-refractivity contribution in [3.8, 4) is 5.75 Å². The van der Waals surface area contributed by atoms with Gasteiger partial charge in [-0.15, -0.1) is 6.58 Å². The number of hydrogen-bond acceptors (Lipinski definition) is 9. The Hall–Kier alpha value is -3.96. The minimum atomic E-state index is -0.853. The number of hydrogen-bond donors (Lipinski definition) is 2. The monoisotopic (exact) mass is 532 g/mol. The number of nitrogens with zero attached hydrogens (tertiary/aromatic N) is 7. The molecule has 0 amide bonds. The van der Waals surface area contributed by atoms with E-state index in [4.69, 9.17) is 9.72 Å². The molecule has 0 bridgehead atoms. The van der Waals surface area contributed by atoms with Gasteiger partial charge in [-0.1, -0.05) is 6.08 Å². The van der Waals surface area contributed by atoms with Gasteiger partial charge in [0.1, 0.15) is 11.1 Å². The van der Waals surface area contributed by atoms with Crippen molar-refractivity contribution >= 4 is 28.5 Å². The summed E-state index contributed by atoms with van der Waals surface area (Å²) < 4.78 is 8.77. The van der Waals surface area contributed by atoms with Gasteiger partial charge in [-0.2, -0.15) is 10.1 Å². The molecule has 1 atom stereocenters. The molecule has 5 rings (SSSR count). The molecule has 0 radical (unpaired) electrons. The number of anilines is 2. The second-order valence-electron chi connectivity index (χ2n) is 10.3. The van der Waals surface area contributed by atoms with Gasteiger partial charge in [-0.3, -0.25) is 9.80 Å². The Morgan fingerprint density at radius 2 is 2.03 bits per heavy atom. The zero-order valence-electron chi connectivity index (χ0n) is 22.9. The summed E-state index contributed by atoms with van der Waals surface area (Å²) in [5, 5.41) is 20.2. The Labute approximate surface area is 227 Å². The molecule has 0 aliphatic carbocycles. The average molecular weight is 533 g/mol. The molecule has 2 N–H and O–H groups in total. The van der Waals surface area contributed by atoms with Crippen molar-refractivity contribution in [1.82, 2.24) is 29.2 Å². The number of aliphatic hydroxyl groups excluding tert-OH is 1. The van der Waals surface area contributed by atoms with Gasteiger partial charge < -0.3 is 20.1 Å². The molecule has 39 heavy (non-hydrogen) atoms. The van der Waals surface area contributed by atoms with Crippen molar-refractivity contribution in [2.75, 3.05) is 32.6 Å². The van der Waals surface area contributed by atoms with Crippen LogP contribution >= 0.6 is 0 Å². The number of allylic oxidation sites excluding steroid dienone is 2. The summed E-state index contributed by atoms with van der Waals surface area (Å²) in [5.74, 6) is 2.01. The van der Waals surface area contributed by atoms with Gasteiger partial charge in [0.05, 0.1) is 13.7 Å². The number of benzene rings is 1. The van der Waals surface area contributed by atoms with Crippen LogP contribution in [-0.4, -0.2) is 79.7 Å². The average Bonchev–Trinajstić information content (AvgIpc) is 3.19. The summed E-state index contributed by atoms with van der Waals surface area (Å²) in [5.41, 5.74) is 2.18. The molecule has 0 spiro atoms. The maximum Gasteiger partial charge on any atom is 0.278 e. The number of aromatic nitrogens is 4. The lowest BCUT2D eigenvalue weighted by Crippen LogP contribution is -2.40. The van der Waals surface area contributed by atoms with Gasteiger partial charge in [-0.05, 0) is 82.6 Å². The number of fused-ring (bicyclic) bond motifs is 1. The molecule has 4 heterocycles. The van der Waals surface area contributed by atoms with Crippen LogP contribution in [0.15, 0.2) is 59.1 Å². The third-order valence-corrected chi connectivity index (χ3v) is 7.24. The maximum atomic E-state index is 13.3. The van der Waals surface area contributed by atoms with Gasteiger partial charge in [0.2, 0.25) is 5.95 Å². The van der Waals surface area contributed by atoms with Crippen LogP contribution in [0.5, 0.6) is 5.75 Å². The molecule has 1 unspecified atom stereocenters. The number of hydrazone groups is 1. The Kier molecular flexibility index (Phi) is 7.53. The topological polar surface area (TPSA) is 113 Å². The first-order valence-electron chi connectivity index (χ1n) is 13.3. The van der Waals surface area contributed by atoms with Crippen molar-refractivity contribution < 1.29 is 9.84 Å². The van der Waals surface area contributed by atoms with Crippen molar-refractivity contribution in [1.29, 1.82) is 0 Å². The van der Waals surface area contributed by atoms with Crippen LogP contribution in [0.1, 0.15) is 38.2 Å². The summed E-state index contributed by atoms with van der Waals surface area (Å²) in [7, 11) is 3.82. The molecule has 1 saturated heterocycles. The summed E-state index contributed by atoms with van der Waals surface area (Å²) in [6.07, 6.45) is 7.83. The minimum Gasteiger partial charge on any atom is -0.497 e. The molecule has 2 aliphatic heterocycles. The fourth-order valence-electron chi connectivity index (χ4n) is 5.13. The zero-order valence-corrected chi connectivity index (χ0v) is 22.9. The van der Waals surface area contributed by atoms with Crippen LogP contribution < -0.4 is 15.6 Å². The smallest absolute Gasteiger partial charge is 0.278 e. The molecule has 206 valence electrons. The Bertz CT molecular complexity index is 1480. The molecule has 2 aromatic heterocycles. The number of methoxy groups -OCH3 is 1. The van der Waals surface area contributed by atoms with Gasteiger partial charge in [0.25, 0.3) is 5.56 Å². The molecule has 0 saturated carbocycles. The van der Waals surface area contributed by atoms with E-state index in [2.05, 4.69) is 46.1 Å². The van der Waals surface area contributed by atoms with Crippen LogP contribution in [0.25, 0.3) is 11.0 Å². The third-order valence-electron chi connectivity index (χ3n) is 7.24. The Morgan fingerprint density at radius 3 is 2.72 bits per heavy atom. The van der Waals surface area contributed by atoms with Gasteiger partial charge in [0.15, 0.2) is 17.7 Å². The van der Waals surface area contributed by atoms with Gasteiger partial charge in [0, 0.05) is 24.0 Å². The van der Waals surface area contributed by atoms with E-state index in [-0.39, 0.29) is 18.1 Å². The number of piperidine rings is 1. The van der Waals surface area contributed by atoms with Crippen molar-refractivity contribution in [3.05, 3.63) is 65.1 Å². The molecule has 11 nitrogen and oxygen atoms in total. The quantitative estimate of drug-likeness (QED) is 0.447. The van der Waals surface area contributed by atoms with E-state index in [0.29, 0.717) is 28.7 Å². The predicted octanol–water partition coefficient (Wildman–Crippen LogP) is 3.10. The van der Waals surface area contributed by atoms with Crippen molar-refractivity contribution in [2.45, 2.75) is 51.4 Å². The number of ether oxygens (including phenoxy) is 1. The van der Waals surface area contributed by atoms with Gasteiger partial charge >= 0.3 is 0 Å². The lowest BCUT2D eigenvalue weighted by atomic mass is 9.89. The van der Waals surface area contributed by atoms with E-state index < -0.39 is 6.23 Å². The molecular weight excluding hydrogens is 496 g/mol. The molecule has 2 aliphatic rings. The zero-order chi connectivity index (χ0) is 27.7. The summed E-state index contributed by atoms with van der Waals surface area (Å²) >= 11 is 0. The molecule has 3 aromatic rings. The van der Waals surface area contributed by atoms with E-state index >= 15 is 0 Å². The first-order chi connectivity index (χ1) is 18.8. The highest BCUT2D eigenvalue weighted by Crippen LogP contribution is 2.33. The van der Waals surface area contributed by atoms with Crippen LogP contribution in [-0.2, 0) is 6.54 Å². The summed E-state index contributed by atoms with van der Waals surface area (Å²) in [6.45, 7) is 10.1. The first kappa shape index (κ1) is 26.6. The Balaban J connectivity index is 1.55. The van der Waals surface area contributed by atoms with Crippen molar-refractivity contribution in [3.63, 3.8) is 0 Å². The number of nitrogens with one attached hydrogen (secondary N) is 1. The van der Waals surface area contributed by atoms with E-state index in [0.717, 1.165) is 37.4 Å². The second-order valence-corrected chi connectivity index (χ2v) is 10.3. The van der Waals surface area contributed by atoms with E-state index in [1.54, 1.807) is 35.0 Å². The predicted molar refractivity (Wildman–Crippen MR) is 153 cm³/mol. The number of aliphatic hydroxyl groups is 1. The highest BCUT2D eigenvalue weighted by Gasteiger charge is 2.24. The summed E-state index contributed by atoms with van der Waals surface area (Å²) in [4.78, 5) is 24.8. The van der Waals surface area contributed by atoms with Crippen LogP contribution in [0, 0.1) is 0 Å². The maximum absolute atomic E-state index is 13.3. The van der Waals surface area contributed by atoms with Crippen LogP contribution in [0.4, 0.5) is 11.6 Å². The standard InChI is InChI=1S/C28H36N8O3/c1-6-11-34-27(38)23-17-29-28(31-26(23)36(34)24-7-8-25(37)35(32-24)18(2)3)30-21-14-20(15-22(16-21)39-5)19-9-12-33(4)13-10-19/h6-8,14-19,25,37H,1,9-13H2,2-5H3,(H,29,30,31).